The molecule has 2 aromatic carbocycles. The van der Waals surface area contributed by atoms with E-state index in [-0.39, 0.29) is 12.0 Å². The first kappa shape index (κ1) is 20.0. The Morgan fingerprint density at radius 2 is 1.72 bits per heavy atom. The molecule has 2 aromatic heterocycles. The highest BCUT2D eigenvalue weighted by Gasteiger charge is 2.41. The number of fused-ring (bicyclic) bond motifs is 3. The van der Waals surface area contributed by atoms with Crippen molar-refractivity contribution < 1.29 is 26.8 Å². The number of hydrogen-bond acceptors (Lipinski definition) is 3. The van der Waals surface area contributed by atoms with E-state index in [1.807, 2.05) is 0 Å². The minimum atomic E-state index is -4.59. The summed E-state index contributed by atoms with van der Waals surface area (Å²) in [6.45, 7) is 0. The predicted molar refractivity (Wildman–Crippen MR) is 108 cm³/mol. The number of hydrogen-bond donors (Lipinski definition) is 1. The van der Waals surface area contributed by atoms with Crippen LogP contribution >= 0.6 is 0 Å². The fourth-order valence-electron chi connectivity index (χ4n) is 3.85. The van der Waals surface area contributed by atoms with Crippen molar-refractivity contribution >= 4 is 11.6 Å². The van der Waals surface area contributed by atoms with Crippen LogP contribution in [0.5, 0.6) is 0 Å². The number of nitrogens with zero attached hydrogens (tertiary/aromatic N) is 2. The molecule has 0 fully saturated rings. The maximum absolute atomic E-state index is 13.6. The molecule has 1 N–H and O–H groups in total. The van der Waals surface area contributed by atoms with Gasteiger partial charge in [-0.05, 0) is 61.0 Å². The number of carbonyl (C=O) groups excluding carboxylic acids is 1. The Kier molecular flexibility index (Phi) is 4.61. The summed E-state index contributed by atoms with van der Waals surface area (Å²) in [6, 6.07) is 13.0. The van der Waals surface area contributed by atoms with Crippen LogP contribution in [-0.4, -0.2) is 15.7 Å². The third-order valence-corrected chi connectivity index (χ3v) is 5.33. The predicted octanol–water partition coefficient (Wildman–Crippen LogP) is 5.64. The quantitative estimate of drug-likeness (QED) is 0.419. The van der Waals surface area contributed by atoms with Crippen LogP contribution in [0.25, 0.3) is 16.9 Å². The second-order valence-corrected chi connectivity index (χ2v) is 7.35. The average molecular weight is 441 g/mol. The number of anilines is 1. The van der Waals surface area contributed by atoms with Crippen LogP contribution < -0.4 is 5.32 Å². The van der Waals surface area contributed by atoms with Crippen molar-refractivity contribution in [3.05, 3.63) is 89.3 Å². The number of nitrogens with one attached hydrogen (secondary N) is 1. The maximum Gasteiger partial charge on any atom is 0.435 e. The van der Waals surface area contributed by atoms with Gasteiger partial charge >= 0.3 is 6.18 Å². The molecule has 9 heteroatoms. The highest BCUT2D eigenvalue weighted by Crippen LogP contribution is 2.42. The number of rotatable bonds is 3. The minimum absolute atomic E-state index is 0.129. The molecule has 2 heterocycles. The lowest BCUT2D eigenvalue weighted by molar-refractivity contribution is -0.142. The van der Waals surface area contributed by atoms with E-state index in [0.717, 1.165) is 0 Å². The Morgan fingerprint density at radius 3 is 2.41 bits per heavy atom. The molecule has 1 amide bonds. The van der Waals surface area contributed by atoms with Gasteiger partial charge in [0.05, 0.1) is 17.6 Å². The summed E-state index contributed by atoms with van der Waals surface area (Å²) in [5.41, 5.74) is 1.22. The zero-order valence-electron chi connectivity index (χ0n) is 16.4. The highest BCUT2D eigenvalue weighted by molar-refractivity contribution is 6.04. The van der Waals surface area contributed by atoms with Gasteiger partial charge in [0.2, 0.25) is 0 Å². The van der Waals surface area contributed by atoms with E-state index in [4.69, 9.17) is 4.42 Å². The molecular weight excluding hydrogens is 426 g/mol. The van der Waals surface area contributed by atoms with E-state index < -0.39 is 23.6 Å². The summed E-state index contributed by atoms with van der Waals surface area (Å²) in [7, 11) is 0. The maximum atomic E-state index is 13.6. The molecule has 0 saturated heterocycles. The zero-order chi connectivity index (χ0) is 22.5. The molecule has 0 bridgehead atoms. The number of carbonyl (C=O) groups is 1. The molecule has 0 unspecified atom stereocenters. The molecule has 0 saturated carbocycles. The van der Waals surface area contributed by atoms with Gasteiger partial charge in [0, 0.05) is 28.8 Å². The SMILES string of the molecule is O=C(Nc1ccc(F)cc1)c1ccc(-n2nc(C(F)(F)F)c3c2-c2ccoc2CC3)cc1. The summed E-state index contributed by atoms with van der Waals surface area (Å²) >= 11 is 0. The fourth-order valence-corrected chi connectivity index (χ4v) is 3.85. The zero-order valence-corrected chi connectivity index (χ0v) is 16.4. The third-order valence-electron chi connectivity index (χ3n) is 5.33. The molecular formula is C23H15F4N3O2. The van der Waals surface area contributed by atoms with Crippen LogP contribution in [0.2, 0.25) is 0 Å². The van der Waals surface area contributed by atoms with Crippen molar-refractivity contribution in [2.75, 3.05) is 5.32 Å². The van der Waals surface area contributed by atoms with Crippen LogP contribution in [0.3, 0.4) is 0 Å². The molecule has 0 aliphatic heterocycles. The van der Waals surface area contributed by atoms with Gasteiger partial charge in [-0.2, -0.15) is 18.3 Å². The van der Waals surface area contributed by atoms with Gasteiger partial charge in [0.15, 0.2) is 5.69 Å². The van der Waals surface area contributed by atoms with Crippen molar-refractivity contribution in [1.29, 1.82) is 0 Å². The van der Waals surface area contributed by atoms with Crippen molar-refractivity contribution in [3.63, 3.8) is 0 Å². The molecule has 0 atom stereocenters. The summed E-state index contributed by atoms with van der Waals surface area (Å²) in [4.78, 5) is 12.5. The van der Waals surface area contributed by atoms with E-state index in [2.05, 4.69) is 10.4 Å². The summed E-state index contributed by atoms with van der Waals surface area (Å²) in [5.74, 6) is -0.240. The summed E-state index contributed by atoms with van der Waals surface area (Å²) in [6.07, 6.45) is -2.60. The number of aryl methyl sites for hydroxylation is 1. The molecule has 5 nitrogen and oxygen atoms in total. The summed E-state index contributed by atoms with van der Waals surface area (Å²) in [5, 5.41) is 6.52. The Morgan fingerprint density at radius 1 is 1.00 bits per heavy atom. The van der Waals surface area contributed by atoms with E-state index >= 15 is 0 Å². The molecule has 1 aliphatic rings. The van der Waals surface area contributed by atoms with Crippen LogP contribution in [0.4, 0.5) is 23.2 Å². The Hall–Kier alpha value is -3.88. The van der Waals surface area contributed by atoms with E-state index in [9.17, 15) is 22.4 Å². The topological polar surface area (TPSA) is 60.1 Å². The second kappa shape index (κ2) is 7.37. The van der Waals surface area contributed by atoms with Crippen molar-refractivity contribution in [3.8, 4) is 16.9 Å². The largest absolute Gasteiger partial charge is 0.469 e. The Balaban J connectivity index is 1.50. The van der Waals surface area contributed by atoms with E-state index in [1.54, 1.807) is 6.07 Å². The molecule has 162 valence electrons. The highest BCUT2D eigenvalue weighted by atomic mass is 19.4. The van der Waals surface area contributed by atoms with Gasteiger partial charge in [-0.3, -0.25) is 4.79 Å². The van der Waals surface area contributed by atoms with Gasteiger partial charge in [0.1, 0.15) is 11.6 Å². The van der Waals surface area contributed by atoms with E-state index in [0.29, 0.717) is 40.4 Å². The van der Waals surface area contributed by atoms with Crippen molar-refractivity contribution in [2.24, 2.45) is 0 Å². The van der Waals surface area contributed by atoms with E-state index in [1.165, 1.54) is 59.5 Å². The second-order valence-electron chi connectivity index (χ2n) is 7.35. The van der Waals surface area contributed by atoms with Crippen LogP contribution in [0.15, 0.2) is 65.3 Å². The minimum Gasteiger partial charge on any atom is -0.469 e. The number of amides is 1. The van der Waals surface area contributed by atoms with Crippen molar-refractivity contribution in [2.45, 2.75) is 19.0 Å². The lowest BCUT2D eigenvalue weighted by Gasteiger charge is -2.15. The smallest absolute Gasteiger partial charge is 0.435 e. The van der Waals surface area contributed by atoms with Crippen molar-refractivity contribution in [1.82, 2.24) is 9.78 Å². The average Bonchev–Trinajstić information content (AvgIpc) is 3.39. The first-order valence-corrected chi connectivity index (χ1v) is 9.74. The standard InChI is InChI=1S/C23H15F4N3O2/c24-14-3-5-15(6-4-14)28-22(31)13-1-7-16(8-2-13)30-20-17-11-12-32-19(17)10-9-18(20)21(29-30)23(25,26)27/h1-8,11-12H,9-10H2,(H,28,31). The Labute approximate surface area is 179 Å². The number of alkyl halides is 3. The number of halogens is 4. The molecule has 4 aromatic rings. The number of furan rings is 1. The molecule has 0 radical (unpaired) electrons. The number of aromatic nitrogens is 2. The lowest BCUT2D eigenvalue weighted by Crippen LogP contribution is -2.12. The van der Waals surface area contributed by atoms with Gasteiger partial charge < -0.3 is 9.73 Å². The number of benzene rings is 2. The van der Waals surface area contributed by atoms with Gasteiger partial charge in [-0.15, -0.1) is 0 Å². The molecule has 5 rings (SSSR count). The lowest BCUT2D eigenvalue weighted by atomic mass is 9.94. The fraction of sp³-hybridized carbons (Fsp3) is 0.130. The summed E-state index contributed by atoms with van der Waals surface area (Å²) < 4.78 is 60.6. The van der Waals surface area contributed by atoms with Crippen LogP contribution in [0, 0.1) is 5.82 Å². The molecule has 32 heavy (non-hydrogen) atoms. The van der Waals surface area contributed by atoms with Crippen LogP contribution in [0.1, 0.15) is 27.4 Å². The van der Waals surface area contributed by atoms with Crippen LogP contribution in [-0.2, 0) is 19.0 Å². The normalized spacial score (nSPS) is 12.9. The van der Waals surface area contributed by atoms with Gasteiger partial charge in [-0.1, -0.05) is 0 Å². The first-order valence-electron chi connectivity index (χ1n) is 9.74. The monoisotopic (exact) mass is 441 g/mol. The third kappa shape index (κ3) is 3.45. The van der Waals surface area contributed by atoms with Gasteiger partial charge in [-0.25, -0.2) is 9.07 Å². The molecule has 1 aliphatic carbocycles. The Bertz CT molecular complexity index is 1300. The first-order chi connectivity index (χ1) is 15.3. The van der Waals surface area contributed by atoms with Gasteiger partial charge in [0.25, 0.3) is 5.91 Å². The molecule has 0 spiro atoms.